The molecule has 1 aliphatic rings. The average molecular weight is 263 g/mol. The van der Waals surface area contributed by atoms with E-state index in [0.717, 1.165) is 13.0 Å². The predicted molar refractivity (Wildman–Crippen MR) is 80.4 cm³/mol. The molecule has 1 atom stereocenters. The second kappa shape index (κ2) is 4.93. The van der Waals surface area contributed by atoms with Crippen molar-refractivity contribution in [3.05, 3.63) is 17.5 Å². The zero-order chi connectivity index (χ0) is 14.3. The first-order valence-electron chi connectivity index (χ1n) is 7.55. The van der Waals surface area contributed by atoms with Crippen molar-refractivity contribution in [1.29, 1.82) is 0 Å². The summed E-state index contributed by atoms with van der Waals surface area (Å²) in [7, 11) is 0. The van der Waals surface area contributed by atoms with Gasteiger partial charge in [0.2, 0.25) is 0 Å². The van der Waals surface area contributed by atoms with Crippen LogP contribution in [0.15, 0.2) is 6.20 Å². The van der Waals surface area contributed by atoms with Crippen molar-refractivity contribution in [3.8, 4) is 0 Å². The molecule has 0 saturated heterocycles. The molecule has 3 nitrogen and oxygen atoms in total. The number of fused-ring (bicyclic) bond motifs is 1. The van der Waals surface area contributed by atoms with E-state index in [9.17, 15) is 0 Å². The zero-order valence-corrected chi connectivity index (χ0v) is 13.4. The molecular weight excluding hydrogens is 234 g/mol. The van der Waals surface area contributed by atoms with Gasteiger partial charge in [0.15, 0.2) is 0 Å². The molecule has 0 amide bonds. The van der Waals surface area contributed by atoms with Crippen molar-refractivity contribution in [1.82, 2.24) is 15.1 Å². The van der Waals surface area contributed by atoms with Crippen molar-refractivity contribution < 1.29 is 0 Å². The van der Waals surface area contributed by atoms with Gasteiger partial charge in [-0.2, -0.15) is 5.10 Å². The molecule has 0 fully saturated rings. The summed E-state index contributed by atoms with van der Waals surface area (Å²) >= 11 is 0. The number of aromatic nitrogens is 2. The minimum Gasteiger partial charge on any atom is -0.310 e. The molecule has 1 unspecified atom stereocenters. The summed E-state index contributed by atoms with van der Waals surface area (Å²) < 4.78 is 2.23. The molecule has 1 heterocycles. The molecule has 3 heteroatoms. The lowest BCUT2D eigenvalue weighted by atomic mass is 9.74. The van der Waals surface area contributed by atoms with E-state index in [1.165, 1.54) is 24.1 Å². The van der Waals surface area contributed by atoms with Crippen LogP contribution >= 0.6 is 0 Å². The van der Waals surface area contributed by atoms with Crippen molar-refractivity contribution in [2.24, 2.45) is 5.41 Å². The van der Waals surface area contributed by atoms with Crippen molar-refractivity contribution in [2.75, 3.05) is 6.54 Å². The fourth-order valence-corrected chi connectivity index (χ4v) is 3.12. The molecule has 2 rings (SSSR count). The molecule has 1 aromatic rings. The van der Waals surface area contributed by atoms with E-state index in [0.29, 0.717) is 11.5 Å². The standard InChI is InChI=1S/C16H29N3/c1-7-8-17-13-9-16(5,6)10-14-12(13)11-18-19(14)15(2,3)4/h11,13,17H,7-10H2,1-6H3. The Labute approximate surface area is 117 Å². The number of rotatable bonds is 3. The van der Waals surface area contributed by atoms with Crippen LogP contribution in [-0.2, 0) is 12.0 Å². The van der Waals surface area contributed by atoms with Crippen LogP contribution in [0, 0.1) is 5.41 Å². The highest BCUT2D eigenvalue weighted by Gasteiger charge is 2.36. The molecule has 108 valence electrons. The van der Waals surface area contributed by atoms with Crippen LogP contribution in [0.25, 0.3) is 0 Å². The Morgan fingerprint density at radius 3 is 2.68 bits per heavy atom. The van der Waals surface area contributed by atoms with Gasteiger partial charge in [-0.15, -0.1) is 0 Å². The predicted octanol–water partition coefficient (Wildman–Crippen LogP) is 3.65. The maximum atomic E-state index is 4.67. The van der Waals surface area contributed by atoms with Crippen molar-refractivity contribution >= 4 is 0 Å². The smallest absolute Gasteiger partial charge is 0.0546 e. The van der Waals surface area contributed by atoms with Crippen molar-refractivity contribution in [3.63, 3.8) is 0 Å². The number of hydrogen-bond acceptors (Lipinski definition) is 2. The second-order valence-electron chi connectivity index (χ2n) is 7.68. The van der Waals surface area contributed by atoms with Gasteiger partial charge in [0.1, 0.15) is 0 Å². The number of nitrogens with one attached hydrogen (secondary N) is 1. The van der Waals surface area contributed by atoms with Gasteiger partial charge in [-0.05, 0) is 52.0 Å². The first kappa shape index (κ1) is 14.6. The molecule has 1 aliphatic carbocycles. The van der Waals surface area contributed by atoms with Gasteiger partial charge >= 0.3 is 0 Å². The van der Waals surface area contributed by atoms with E-state index < -0.39 is 0 Å². The molecule has 19 heavy (non-hydrogen) atoms. The van der Waals surface area contributed by atoms with Gasteiger partial charge in [-0.1, -0.05) is 20.8 Å². The molecule has 1 aromatic heterocycles. The van der Waals surface area contributed by atoms with E-state index in [2.05, 4.69) is 62.8 Å². The van der Waals surface area contributed by atoms with E-state index >= 15 is 0 Å². The monoisotopic (exact) mass is 263 g/mol. The highest BCUT2D eigenvalue weighted by Crippen LogP contribution is 2.41. The lowest BCUT2D eigenvalue weighted by Crippen LogP contribution is -2.36. The first-order valence-corrected chi connectivity index (χ1v) is 7.55. The Kier molecular flexibility index (Phi) is 3.78. The topological polar surface area (TPSA) is 29.9 Å². The molecular formula is C16H29N3. The summed E-state index contributed by atoms with van der Waals surface area (Å²) in [5.41, 5.74) is 3.26. The minimum absolute atomic E-state index is 0.0658. The van der Waals surface area contributed by atoms with E-state index in [4.69, 9.17) is 0 Å². The second-order valence-corrected chi connectivity index (χ2v) is 7.68. The molecule has 0 bridgehead atoms. The molecule has 0 spiro atoms. The third kappa shape index (κ3) is 3.02. The van der Waals surface area contributed by atoms with Gasteiger partial charge in [-0.3, -0.25) is 4.68 Å². The number of hydrogen-bond donors (Lipinski definition) is 1. The van der Waals surface area contributed by atoms with Gasteiger partial charge in [0, 0.05) is 17.3 Å². The van der Waals surface area contributed by atoms with Crippen LogP contribution < -0.4 is 5.32 Å². The highest BCUT2D eigenvalue weighted by atomic mass is 15.3. The summed E-state index contributed by atoms with van der Waals surface area (Å²) in [4.78, 5) is 0. The van der Waals surface area contributed by atoms with Gasteiger partial charge in [0.05, 0.1) is 11.7 Å². The number of nitrogens with zero attached hydrogens (tertiary/aromatic N) is 2. The van der Waals surface area contributed by atoms with Crippen LogP contribution in [0.1, 0.15) is 71.7 Å². The molecule has 0 radical (unpaired) electrons. The highest BCUT2D eigenvalue weighted by molar-refractivity contribution is 5.28. The zero-order valence-electron chi connectivity index (χ0n) is 13.4. The first-order chi connectivity index (χ1) is 8.74. The summed E-state index contributed by atoms with van der Waals surface area (Å²) in [5.74, 6) is 0. The third-order valence-electron chi connectivity index (χ3n) is 3.96. The lowest BCUT2D eigenvalue weighted by Gasteiger charge is -2.37. The minimum atomic E-state index is 0.0658. The Bertz CT molecular complexity index is 437. The fraction of sp³-hybridized carbons (Fsp3) is 0.812. The average Bonchev–Trinajstić information content (AvgIpc) is 2.67. The SMILES string of the molecule is CCCNC1CC(C)(C)Cc2c1cnn2C(C)(C)C. The Morgan fingerprint density at radius 1 is 1.42 bits per heavy atom. The molecule has 1 N–H and O–H groups in total. The maximum absolute atomic E-state index is 4.67. The Hall–Kier alpha value is -0.830. The Balaban J connectivity index is 2.37. The quantitative estimate of drug-likeness (QED) is 0.902. The van der Waals surface area contributed by atoms with Crippen molar-refractivity contribution in [2.45, 2.75) is 72.4 Å². The lowest BCUT2D eigenvalue weighted by molar-refractivity contribution is 0.238. The van der Waals surface area contributed by atoms with E-state index in [1.54, 1.807) is 0 Å². The van der Waals surface area contributed by atoms with Crippen LogP contribution in [0.3, 0.4) is 0 Å². The molecule has 0 aliphatic heterocycles. The largest absolute Gasteiger partial charge is 0.310 e. The summed E-state index contributed by atoms with van der Waals surface area (Å²) in [5, 5.41) is 8.36. The van der Waals surface area contributed by atoms with Crippen LogP contribution in [0.2, 0.25) is 0 Å². The van der Waals surface area contributed by atoms with E-state index in [1.807, 2.05) is 0 Å². The molecule has 0 saturated carbocycles. The molecule has 0 aromatic carbocycles. The normalized spacial score (nSPS) is 22.3. The van der Waals surface area contributed by atoms with Gasteiger partial charge in [-0.25, -0.2) is 0 Å². The van der Waals surface area contributed by atoms with Crippen LogP contribution in [0.4, 0.5) is 0 Å². The van der Waals surface area contributed by atoms with Gasteiger partial charge in [0.25, 0.3) is 0 Å². The third-order valence-corrected chi connectivity index (χ3v) is 3.96. The fourth-order valence-electron chi connectivity index (χ4n) is 3.12. The van der Waals surface area contributed by atoms with Gasteiger partial charge < -0.3 is 5.32 Å². The van der Waals surface area contributed by atoms with Crippen LogP contribution in [-0.4, -0.2) is 16.3 Å². The van der Waals surface area contributed by atoms with Crippen LogP contribution in [0.5, 0.6) is 0 Å². The summed E-state index contributed by atoms with van der Waals surface area (Å²) in [6, 6.07) is 0.467. The Morgan fingerprint density at radius 2 is 2.11 bits per heavy atom. The summed E-state index contributed by atoms with van der Waals surface area (Å²) in [6.07, 6.45) is 5.60. The maximum Gasteiger partial charge on any atom is 0.0546 e. The van der Waals surface area contributed by atoms with E-state index in [-0.39, 0.29) is 5.54 Å². The summed E-state index contributed by atoms with van der Waals surface area (Å²) in [6.45, 7) is 14.7.